The highest BCUT2D eigenvalue weighted by Crippen LogP contribution is 2.08. The summed E-state index contributed by atoms with van der Waals surface area (Å²) in [4.78, 5) is 13.6. The first-order valence-corrected chi connectivity index (χ1v) is 6.13. The van der Waals surface area contributed by atoms with Crippen LogP contribution in [0.3, 0.4) is 0 Å². The van der Waals surface area contributed by atoms with Crippen LogP contribution in [0.1, 0.15) is 31.9 Å². The Hall–Kier alpha value is -1.55. The predicted octanol–water partition coefficient (Wildman–Crippen LogP) is 2.09. The lowest BCUT2D eigenvalue weighted by atomic mass is 10.1. The van der Waals surface area contributed by atoms with Crippen molar-refractivity contribution in [3.05, 3.63) is 35.4 Å². The molecule has 3 N–H and O–H groups in total. The summed E-state index contributed by atoms with van der Waals surface area (Å²) >= 11 is 0. The molecular formula is C14H23N3O. The molecule has 0 saturated heterocycles. The Kier molecular flexibility index (Phi) is 4.73. The topological polar surface area (TPSA) is 58.4 Å². The number of carbonyl (C=O) groups is 1. The molecule has 0 fully saturated rings. The quantitative estimate of drug-likeness (QED) is 0.861. The van der Waals surface area contributed by atoms with Crippen molar-refractivity contribution in [2.75, 3.05) is 7.05 Å². The average Bonchev–Trinajstić information content (AvgIpc) is 2.27. The number of hydrogen-bond donors (Lipinski definition) is 2. The van der Waals surface area contributed by atoms with Crippen molar-refractivity contribution in [1.29, 1.82) is 0 Å². The maximum absolute atomic E-state index is 11.9. The van der Waals surface area contributed by atoms with Gasteiger partial charge in [0, 0.05) is 25.7 Å². The third-order valence-corrected chi connectivity index (χ3v) is 2.48. The van der Waals surface area contributed by atoms with Gasteiger partial charge < -0.3 is 16.0 Å². The van der Waals surface area contributed by atoms with Gasteiger partial charge >= 0.3 is 6.03 Å². The number of rotatable bonds is 3. The molecule has 1 aromatic carbocycles. The molecule has 4 heteroatoms. The van der Waals surface area contributed by atoms with E-state index in [1.165, 1.54) is 0 Å². The van der Waals surface area contributed by atoms with Crippen molar-refractivity contribution in [2.24, 2.45) is 5.73 Å². The van der Waals surface area contributed by atoms with E-state index in [0.29, 0.717) is 13.1 Å². The second-order valence-corrected chi connectivity index (χ2v) is 5.56. The zero-order chi connectivity index (χ0) is 13.8. The fraction of sp³-hybridized carbons (Fsp3) is 0.500. The van der Waals surface area contributed by atoms with E-state index in [1.54, 1.807) is 11.9 Å². The van der Waals surface area contributed by atoms with Crippen molar-refractivity contribution in [2.45, 2.75) is 39.4 Å². The van der Waals surface area contributed by atoms with Gasteiger partial charge in [-0.2, -0.15) is 0 Å². The number of hydrogen-bond acceptors (Lipinski definition) is 2. The Morgan fingerprint density at radius 3 is 2.50 bits per heavy atom. The molecule has 1 rings (SSSR count). The minimum absolute atomic E-state index is 0.0688. The van der Waals surface area contributed by atoms with Crippen LogP contribution in [0.25, 0.3) is 0 Å². The third-order valence-electron chi connectivity index (χ3n) is 2.48. The third kappa shape index (κ3) is 4.75. The predicted molar refractivity (Wildman–Crippen MR) is 74.1 cm³/mol. The van der Waals surface area contributed by atoms with E-state index in [1.807, 2.05) is 45.0 Å². The molecule has 0 radical (unpaired) electrons. The lowest BCUT2D eigenvalue weighted by molar-refractivity contribution is 0.197. The maximum atomic E-state index is 11.9. The van der Waals surface area contributed by atoms with Crippen molar-refractivity contribution in [3.63, 3.8) is 0 Å². The van der Waals surface area contributed by atoms with E-state index >= 15 is 0 Å². The van der Waals surface area contributed by atoms with Crippen LogP contribution in [0.2, 0.25) is 0 Å². The molecule has 100 valence electrons. The zero-order valence-electron chi connectivity index (χ0n) is 11.7. The maximum Gasteiger partial charge on any atom is 0.317 e. The lowest BCUT2D eigenvalue weighted by Gasteiger charge is -2.25. The number of nitrogens with two attached hydrogens (primary N) is 1. The van der Waals surface area contributed by atoms with Gasteiger partial charge in [0.2, 0.25) is 0 Å². The Bertz CT molecular complexity index is 410. The van der Waals surface area contributed by atoms with Crippen LogP contribution in [0.15, 0.2) is 24.3 Å². The minimum atomic E-state index is -0.218. The number of urea groups is 1. The SMILES string of the molecule is CN(Cc1cccc(CN)c1)C(=O)NC(C)(C)C. The average molecular weight is 249 g/mol. The normalized spacial score (nSPS) is 11.2. The summed E-state index contributed by atoms with van der Waals surface area (Å²) in [7, 11) is 1.79. The van der Waals surface area contributed by atoms with Gasteiger partial charge in [-0.15, -0.1) is 0 Å². The molecule has 0 saturated carbocycles. The van der Waals surface area contributed by atoms with Crippen molar-refractivity contribution < 1.29 is 4.79 Å². The summed E-state index contributed by atoms with van der Waals surface area (Å²) in [6.07, 6.45) is 0. The zero-order valence-corrected chi connectivity index (χ0v) is 11.7. The fourth-order valence-corrected chi connectivity index (χ4v) is 1.62. The van der Waals surface area contributed by atoms with Crippen LogP contribution in [0, 0.1) is 0 Å². The molecule has 0 atom stereocenters. The summed E-state index contributed by atoms with van der Waals surface area (Å²) < 4.78 is 0. The van der Waals surface area contributed by atoms with Crippen LogP contribution in [0.4, 0.5) is 4.79 Å². The largest absolute Gasteiger partial charge is 0.333 e. The van der Waals surface area contributed by atoms with E-state index < -0.39 is 0 Å². The Morgan fingerprint density at radius 1 is 1.33 bits per heavy atom. The Balaban J connectivity index is 2.63. The molecule has 0 aliphatic heterocycles. The van der Waals surface area contributed by atoms with Gasteiger partial charge in [0.1, 0.15) is 0 Å². The van der Waals surface area contributed by atoms with Gasteiger partial charge in [-0.25, -0.2) is 4.79 Å². The fourth-order valence-electron chi connectivity index (χ4n) is 1.62. The molecule has 0 spiro atoms. The molecule has 0 bridgehead atoms. The van der Waals surface area contributed by atoms with Gasteiger partial charge in [-0.05, 0) is 31.9 Å². The van der Waals surface area contributed by atoms with Crippen molar-refractivity contribution in [3.8, 4) is 0 Å². The van der Waals surface area contributed by atoms with E-state index in [0.717, 1.165) is 11.1 Å². The summed E-state index contributed by atoms with van der Waals surface area (Å²) in [5.41, 5.74) is 7.55. The minimum Gasteiger partial charge on any atom is -0.333 e. The molecule has 0 aromatic heterocycles. The van der Waals surface area contributed by atoms with Crippen molar-refractivity contribution >= 4 is 6.03 Å². The van der Waals surface area contributed by atoms with Gasteiger partial charge in [0.25, 0.3) is 0 Å². The summed E-state index contributed by atoms with van der Waals surface area (Å²) in [6, 6.07) is 7.91. The molecular weight excluding hydrogens is 226 g/mol. The van der Waals surface area contributed by atoms with Crippen molar-refractivity contribution in [1.82, 2.24) is 10.2 Å². The lowest BCUT2D eigenvalue weighted by Crippen LogP contribution is -2.46. The Labute approximate surface area is 109 Å². The van der Waals surface area contributed by atoms with Crippen LogP contribution >= 0.6 is 0 Å². The second kappa shape index (κ2) is 5.87. The van der Waals surface area contributed by atoms with E-state index in [9.17, 15) is 4.79 Å². The van der Waals surface area contributed by atoms with Gasteiger partial charge in [-0.1, -0.05) is 24.3 Å². The molecule has 0 unspecified atom stereocenters. The molecule has 18 heavy (non-hydrogen) atoms. The molecule has 0 aliphatic rings. The highest BCUT2D eigenvalue weighted by Gasteiger charge is 2.16. The van der Waals surface area contributed by atoms with Gasteiger partial charge in [0.05, 0.1) is 0 Å². The monoisotopic (exact) mass is 249 g/mol. The Morgan fingerprint density at radius 2 is 1.94 bits per heavy atom. The number of benzene rings is 1. The highest BCUT2D eigenvalue weighted by atomic mass is 16.2. The van der Waals surface area contributed by atoms with Crippen LogP contribution in [0.5, 0.6) is 0 Å². The first-order valence-electron chi connectivity index (χ1n) is 6.13. The smallest absolute Gasteiger partial charge is 0.317 e. The van der Waals surface area contributed by atoms with E-state index in [-0.39, 0.29) is 11.6 Å². The second-order valence-electron chi connectivity index (χ2n) is 5.56. The van der Waals surface area contributed by atoms with Crippen LogP contribution < -0.4 is 11.1 Å². The molecule has 0 heterocycles. The summed E-state index contributed by atoms with van der Waals surface area (Å²) in [5.74, 6) is 0. The number of nitrogens with one attached hydrogen (secondary N) is 1. The molecule has 4 nitrogen and oxygen atoms in total. The standard InChI is InChI=1S/C14H23N3O/c1-14(2,3)16-13(18)17(4)10-12-7-5-6-11(8-12)9-15/h5-8H,9-10,15H2,1-4H3,(H,16,18). The van der Waals surface area contributed by atoms with Gasteiger partial charge in [0.15, 0.2) is 0 Å². The van der Waals surface area contributed by atoms with Gasteiger partial charge in [-0.3, -0.25) is 0 Å². The molecule has 0 aliphatic carbocycles. The number of carbonyl (C=O) groups excluding carboxylic acids is 1. The number of nitrogens with zero attached hydrogens (tertiary/aromatic N) is 1. The molecule has 1 aromatic rings. The summed E-state index contributed by atoms with van der Waals surface area (Å²) in [6.45, 7) is 7.00. The first kappa shape index (κ1) is 14.5. The highest BCUT2D eigenvalue weighted by molar-refractivity contribution is 5.74. The van der Waals surface area contributed by atoms with E-state index in [2.05, 4.69) is 5.32 Å². The number of amides is 2. The first-order chi connectivity index (χ1) is 8.31. The van der Waals surface area contributed by atoms with E-state index in [4.69, 9.17) is 5.73 Å². The van der Waals surface area contributed by atoms with Crippen LogP contribution in [-0.4, -0.2) is 23.5 Å². The summed E-state index contributed by atoms with van der Waals surface area (Å²) in [5, 5.41) is 2.93. The molecule has 2 amide bonds. The van der Waals surface area contributed by atoms with Crippen LogP contribution in [-0.2, 0) is 13.1 Å².